The van der Waals surface area contributed by atoms with Gasteiger partial charge in [-0.3, -0.25) is 4.79 Å². The van der Waals surface area contributed by atoms with E-state index in [1.165, 1.54) is 0 Å². The Hall–Kier alpha value is -5.25. The van der Waals surface area contributed by atoms with Crippen molar-refractivity contribution >= 4 is 28.0 Å². The highest BCUT2D eigenvalue weighted by Gasteiger charge is 2.15. The highest BCUT2D eigenvalue weighted by Crippen LogP contribution is 2.35. The first-order chi connectivity index (χ1) is 18.6. The maximum Gasteiger partial charge on any atom is 0.251 e. The van der Waals surface area contributed by atoms with E-state index < -0.39 is 0 Å². The monoisotopic (exact) mass is 505 g/mol. The van der Waals surface area contributed by atoms with Crippen LogP contribution in [0.15, 0.2) is 79.0 Å². The summed E-state index contributed by atoms with van der Waals surface area (Å²) in [7, 11) is 1.57. The van der Waals surface area contributed by atoms with E-state index in [2.05, 4.69) is 30.6 Å². The molecule has 0 atom stereocenters. The van der Waals surface area contributed by atoms with Crippen molar-refractivity contribution < 1.29 is 14.6 Å². The van der Waals surface area contributed by atoms with Gasteiger partial charge in [0.05, 0.1) is 35.8 Å². The summed E-state index contributed by atoms with van der Waals surface area (Å²) in [5.74, 6) is 0.842. The Bertz CT molecular complexity index is 1790. The van der Waals surface area contributed by atoms with Crippen LogP contribution >= 0.6 is 0 Å². The number of nitrogens with zero attached hydrogens (tertiary/aromatic N) is 5. The number of hydrogen-bond donors (Lipinski definition) is 3. The lowest BCUT2D eigenvalue weighted by Gasteiger charge is -2.09. The van der Waals surface area contributed by atoms with Gasteiger partial charge >= 0.3 is 0 Å². The number of aromatic nitrogens is 6. The van der Waals surface area contributed by atoms with E-state index in [0.717, 1.165) is 22.2 Å². The fourth-order valence-corrected chi connectivity index (χ4v) is 4.40. The zero-order valence-electron chi connectivity index (χ0n) is 20.4. The first-order valence-electron chi connectivity index (χ1n) is 12.0. The molecule has 0 radical (unpaired) electrons. The standard InChI is InChI=1S/C28H23N7O3/c1-38-28-19(5-4-12-30-28)17-9-11-25(36)20(15-17)26-31-21-10-8-18(16-23(21)32-26)27(37)29-13-14-35-24-7-3-2-6-22(24)33-34-35/h2-12,15-16,36H,13-14H2,1H3,(H,29,37)(H,31,32). The number of phenols is 1. The van der Waals surface area contributed by atoms with Crippen LogP contribution in [0, 0.1) is 0 Å². The fraction of sp³-hybridized carbons (Fsp3) is 0.107. The first-order valence-corrected chi connectivity index (χ1v) is 12.0. The summed E-state index contributed by atoms with van der Waals surface area (Å²) in [5.41, 5.74) is 5.73. The lowest BCUT2D eigenvalue weighted by molar-refractivity contribution is 0.0952. The first kappa shape index (κ1) is 23.2. The molecule has 3 aromatic heterocycles. The minimum absolute atomic E-state index is 0.0780. The zero-order valence-corrected chi connectivity index (χ0v) is 20.4. The summed E-state index contributed by atoms with van der Waals surface area (Å²) >= 11 is 0. The SMILES string of the molecule is COc1ncccc1-c1ccc(O)c(-c2nc3ccc(C(=O)NCCn4nnc5ccccc54)cc3[nH]2)c1. The number of carbonyl (C=O) groups is 1. The molecule has 10 nitrogen and oxygen atoms in total. The second-order valence-corrected chi connectivity index (χ2v) is 8.67. The van der Waals surface area contributed by atoms with Gasteiger partial charge in [0.2, 0.25) is 5.88 Å². The third-order valence-corrected chi connectivity index (χ3v) is 6.30. The Morgan fingerprint density at radius 1 is 1.03 bits per heavy atom. The van der Waals surface area contributed by atoms with E-state index in [0.29, 0.717) is 47.0 Å². The van der Waals surface area contributed by atoms with E-state index in [1.807, 2.05) is 42.5 Å². The molecule has 0 bridgehead atoms. The van der Waals surface area contributed by atoms with Gasteiger partial charge in [-0.05, 0) is 60.2 Å². The smallest absolute Gasteiger partial charge is 0.251 e. The van der Waals surface area contributed by atoms with Crippen LogP contribution in [0.5, 0.6) is 11.6 Å². The van der Waals surface area contributed by atoms with Crippen molar-refractivity contribution in [1.82, 2.24) is 35.3 Å². The van der Waals surface area contributed by atoms with Crippen LogP contribution in [0.25, 0.3) is 44.6 Å². The third kappa shape index (κ3) is 4.28. The number of aromatic hydroxyl groups is 1. The van der Waals surface area contributed by atoms with E-state index in [-0.39, 0.29) is 11.7 Å². The number of rotatable bonds is 7. The number of aromatic amines is 1. The predicted molar refractivity (Wildman–Crippen MR) is 143 cm³/mol. The molecule has 0 saturated heterocycles. The number of benzene rings is 3. The molecule has 3 heterocycles. The molecule has 0 saturated carbocycles. The molecule has 3 N–H and O–H groups in total. The summed E-state index contributed by atoms with van der Waals surface area (Å²) in [6.45, 7) is 0.900. The van der Waals surface area contributed by atoms with Crippen LogP contribution in [0.3, 0.4) is 0 Å². The molecule has 0 aliphatic heterocycles. The van der Waals surface area contributed by atoms with Crippen molar-refractivity contribution in [1.29, 1.82) is 0 Å². The lowest BCUT2D eigenvalue weighted by atomic mass is 10.0. The van der Waals surface area contributed by atoms with Crippen LogP contribution in [0.1, 0.15) is 10.4 Å². The van der Waals surface area contributed by atoms with Crippen molar-refractivity contribution in [2.45, 2.75) is 6.54 Å². The molecule has 0 aliphatic rings. The van der Waals surface area contributed by atoms with Gasteiger partial charge in [-0.1, -0.05) is 23.4 Å². The van der Waals surface area contributed by atoms with Gasteiger partial charge in [0.25, 0.3) is 5.91 Å². The number of ether oxygens (including phenoxy) is 1. The van der Waals surface area contributed by atoms with Crippen LogP contribution in [-0.2, 0) is 6.54 Å². The Balaban J connectivity index is 1.22. The molecule has 0 aliphatic carbocycles. The normalized spacial score (nSPS) is 11.2. The van der Waals surface area contributed by atoms with E-state index in [1.54, 1.807) is 48.3 Å². The summed E-state index contributed by atoms with van der Waals surface area (Å²) in [4.78, 5) is 24.9. The van der Waals surface area contributed by atoms with Crippen molar-refractivity contribution in [3.8, 4) is 34.1 Å². The quantitative estimate of drug-likeness (QED) is 0.297. The highest BCUT2D eigenvalue weighted by molar-refractivity contribution is 5.97. The van der Waals surface area contributed by atoms with Gasteiger partial charge in [-0.2, -0.15) is 0 Å². The number of carbonyl (C=O) groups excluding carboxylic acids is 1. The molecule has 1 amide bonds. The third-order valence-electron chi connectivity index (χ3n) is 6.30. The summed E-state index contributed by atoms with van der Waals surface area (Å²) in [5, 5.41) is 21.8. The topological polar surface area (TPSA) is 131 Å². The van der Waals surface area contributed by atoms with Gasteiger partial charge in [-0.15, -0.1) is 5.10 Å². The van der Waals surface area contributed by atoms with Crippen molar-refractivity contribution in [2.75, 3.05) is 13.7 Å². The Morgan fingerprint density at radius 3 is 2.82 bits per heavy atom. The number of H-pyrrole nitrogens is 1. The second-order valence-electron chi connectivity index (χ2n) is 8.67. The van der Waals surface area contributed by atoms with Crippen LogP contribution in [-0.4, -0.2) is 54.6 Å². The maximum absolute atomic E-state index is 12.8. The molecule has 6 rings (SSSR count). The molecule has 38 heavy (non-hydrogen) atoms. The molecule has 0 unspecified atom stereocenters. The number of phenolic OH excluding ortho intramolecular Hbond substituents is 1. The van der Waals surface area contributed by atoms with E-state index in [4.69, 9.17) is 4.74 Å². The maximum atomic E-state index is 12.8. The van der Waals surface area contributed by atoms with Crippen molar-refractivity contribution in [3.05, 3.63) is 84.6 Å². The molecule has 6 aromatic rings. The molecule has 0 fully saturated rings. The fourth-order valence-electron chi connectivity index (χ4n) is 4.40. The largest absolute Gasteiger partial charge is 0.507 e. The Morgan fingerprint density at radius 2 is 1.92 bits per heavy atom. The minimum Gasteiger partial charge on any atom is -0.507 e. The number of para-hydroxylation sites is 1. The Kier molecular flexibility index (Phi) is 5.89. The number of methoxy groups -OCH3 is 1. The van der Waals surface area contributed by atoms with Crippen LogP contribution in [0.4, 0.5) is 0 Å². The molecule has 10 heteroatoms. The van der Waals surface area contributed by atoms with Gasteiger partial charge in [-0.25, -0.2) is 14.6 Å². The van der Waals surface area contributed by atoms with Crippen molar-refractivity contribution in [3.63, 3.8) is 0 Å². The van der Waals surface area contributed by atoms with Crippen LogP contribution in [0.2, 0.25) is 0 Å². The average Bonchev–Trinajstić information content (AvgIpc) is 3.57. The minimum atomic E-state index is -0.207. The summed E-state index contributed by atoms with van der Waals surface area (Å²) < 4.78 is 7.15. The van der Waals surface area contributed by atoms with E-state index in [9.17, 15) is 9.90 Å². The van der Waals surface area contributed by atoms with Gasteiger partial charge < -0.3 is 20.1 Å². The Labute approximate surface area is 216 Å². The molecular weight excluding hydrogens is 482 g/mol. The summed E-state index contributed by atoms with van der Waals surface area (Å²) in [6.07, 6.45) is 1.66. The molecular formula is C28H23N7O3. The number of nitrogens with one attached hydrogen (secondary N) is 2. The summed E-state index contributed by atoms with van der Waals surface area (Å²) in [6, 6.07) is 21.9. The molecule has 3 aromatic carbocycles. The van der Waals surface area contributed by atoms with E-state index >= 15 is 0 Å². The molecule has 188 valence electrons. The second kappa shape index (κ2) is 9.66. The zero-order chi connectivity index (χ0) is 26.1. The van der Waals surface area contributed by atoms with Gasteiger partial charge in [0.15, 0.2) is 0 Å². The number of fused-ring (bicyclic) bond motifs is 2. The highest BCUT2D eigenvalue weighted by atomic mass is 16.5. The van der Waals surface area contributed by atoms with Crippen LogP contribution < -0.4 is 10.1 Å². The van der Waals surface area contributed by atoms with Gasteiger partial charge in [0, 0.05) is 23.9 Å². The van der Waals surface area contributed by atoms with Gasteiger partial charge in [0.1, 0.15) is 17.1 Å². The number of pyridine rings is 1. The number of hydrogen-bond acceptors (Lipinski definition) is 7. The average molecular weight is 506 g/mol. The number of amides is 1. The predicted octanol–water partition coefficient (Wildman–Crippen LogP) is 4.18. The number of imidazole rings is 1. The lowest BCUT2D eigenvalue weighted by Crippen LogP contribution is -2.27. The molecule has 0 spiro atoms. The van der Waals surface area contributed by atoms with Crippen molar-refractivity contribution in [2.24, 2.45) is 0 Å².